The lowest BCUT2D eigenvalue weighted by Crippen LogP contribution is -2.35. The number of aliphatic hydroxyl groups excluding tert-OH is 1. The Morgan fingerprint density at radius 1 is 1.11 bits per heavy atom. The third-order valence-corrected chi connectivity index (χ3v) is 3.92. The molecule has 0 heterocycles. The van der Waals surface area contributed by atoms with Crippen molar-refractivity contribution in [2.45, 2.75) is 46.0 Å². The van der Waals surface area contributed by atoms with Gasteiger partial charge < -0.3 is 10.8 Å². The molecule has 18 heavy (non-hydrogen) atoms. The van der Waals surface area contributed by atoms with Crippen molar-refractivity contribution in [2.24, 2.45) is 11.1 Å². The van der Waals surface area contributed by atoms with Gasteiger partial charge in [0, 0.05) is 12.0 Å². The van der Waals surface area contributed by atoms with Crippen molar-refractivity contribution < 1.29 is 5.11 Å². The van der Waals surface area contributed by atoms with E-state index in [1.165, 1.54) is 11.1 Å². The zero-order valence-electron chi connectivity index (χ0n) is 12.2. The smallest absolute Gasteiger partial charge is 0.0502 e. The number of hydrogen-bond acceptors (Lipinski definition) is 2. The van der Waals surface area contributed by atoms with Gasteiger partial charge in [0.15, 0.2) is 0 Å². The molecule has 1 aromatic rings. The molecule has 2 heteroatoms. The normalized spacial score (nSPS) is 15.4. The largest absolute Gasteiger partial charge is 0.396 e. The highest BCUT2D eigenvalue weighted by Gasteiger charge is 2.26. The molecule has 0 aliphatic rings. The van der Waals surface area contributed by atoms with Gasteiger partial charge in [-0.05, 0) is 29.4 Å². The molecule has 0 amide bonds. The maximum absolute atomic E-state index is 9.54. The number of aliphatic hydroxyl groups is 1. The average molecular weight is 249 g/mol. The predicted octanol–water partition coefficient (Wildman–Crippen LogP) is 2.87. The van der Waals surface area contributed by atoms with Crippen LogP contribution in [-0.4, -0.2) is 18.3 Å². The van der Waals surface area contributed by atoms with Crippen LogP contribution in [0.2, 0.25) is 0 Å². The third-order valence-electron chi connectivity index (χ3n) is 3.92. The van der Waals surface area contributed by atoms with Gasteiger partial charge in [-0.2, -0.15) is 0 Å². The van der Waals surface area contributed by atoms with E-state index in [-0.39, 0.29) is 17.4 Å². The van der Waals surface area contributed by atoms with Crippen LogP contribution in [0.15, 0.2) is 24.3 Å². The van der Waals surface area contributed by atoms with Crippen LogP contribution >= 0.6 is 0 Å². The Balaban J connectivity index is 2.86. The second kappa shape index (κ2) is 5.85. The first-order chi connectivity index (χ1) is 8.37. The second-order valence-electron chi connectivity index (χ2n) is 6.34. The fourth-order valence-corrected chi connectivity index (χ4v) is 2.13. The minimum absolute atomic E-state index is 0.154. The molecular weight excluding hydrogens is 222 g/mol. The highest BCUT2D eigenvalue weighted by Crippen LogP contribution is 2.27. The average Bonchev–Trinajstić information content (AvgIpc) is 2.36. The van der Waals surface area contributed by atoms with Crippen molar-refractivity contribution in [3.8, 4) is 0 Å². The SMILES string of the molecule is CCC(CN)(CO)Cc1ccc(C(C)(C)C)cc1. The van der Waals surface area contributed by atoms with Crippen molar-refractivity contribution in [1.29, 1.82) is 0 Å². The van der Waals surface area contributed by atoms with Crippen LogP contribution in [0.25, 0.3) is 0 Å². The summed E-state index contributed by atoms with van der Waals surface area (Å²) < 4.78 is 0. The molecule has 1 aromatic carbocycles. The summed E-state index contributed by atoms with van der Waals surface area (Å²) in [5, 5.41) is 9.54. The Kier molecular flexibility index (Phi) is 4.94. The van der Waals surface area contributed by atoms with Gasteiger partial charge in [0.25, 0.3) is 0 Å². The number of nitrogens with two attached hydrogens (primary N) is 1. The molecule has 0 saturated heterocycles. The molecule has 3 N–H and O–H groups in total. The standard InChI is InChI=1S/C16H27NO/c1-5-16(11-17,12-18)10-13-6-8-14(9-7-13)15(2,3)4/h6-9,18H,5,10-12,17H2,1-4H3. The molecule has 0 aromatic heterocycles. The fraction of sp³-hybridized carbons (Fsp3) is 0.625. The first kappa shape index (κ1) is 15.2. The van der Waals surface area contributed by atoms with Gasteiger partial charge in [-0.1, -0.05) is 52.0 Å². The molecule has 0 bridgehead atoms. The Hall–Kier alpha value is -0.860. The summed E-state index contributed by atoms with van der Waals surface area (Å²) >= 11 is 0. The summed E-state index contributed by atoms with van der Waals surface area (Å²) in [7, 11) is 0. The molecule has 1 rings (SSSR count). The fourth-order valence-electron chi connectivity index (χ4n) is 2.13. The minimum atomic E-state index is -0.163. The lowest BCUT2D eigenvalue weighted by atomic mass is 9.79. The van der Waals surface area contributed by atoms with E-state index in [0.717, 1.165) is 12.8 Å². The van der Waals surface area contributed by atoms with E-state index >= 15 is 0 Å². The lowest BCUT2D eigenvalue weighted by molar-refractivity contribution is 0.127. The van der Waals surface area contributed by atoms with Crippen molar-refractivity contribution >= 4 is 0 Å². The van der Waals surface area contributed by atoms with Crippen LogP contribution in [0.1, 0.15) is 45.2 Å². The minimum Gasteiger partial charge on any atom is -0.396 e. The van der Waals surface area contributed by atoms with E-state index in [2.05, 4.69) is 52.0 Å². The summed E-state index contributed by atoms with van der Waals surface area (Å²) in [6.07, 6.45) is 1.75. The lowest BCUT2D eigenvalue weighted by Gasteiger charge is -2.29. The van der Waals surface area contributed by atoms with Gasteiger partial charge in [0.1, 0.15) is 0 Å². The molecule has 2 nitrogen and oxygen atoms in total. The third kappa shape index (κ3) is 3.56. The van der Waals surface area contributed by atoms with E-state index in [1.807, 2.05) is 0 Å². The molecule has 1 atom stereocenters. The van der Waals surface area contributed by atoms with Gasteiger partial charge >= 0.3 is 0 Å². The molecule has 1 unspecified atom stereocenters. The van der Waals surface area contributed by atoms with Crippen LogP contribution in [-0.2, 0) is 11.8 Å². The van der Waals surface area contributed by atoms with Crippen molar-refractivity contribution in [1.82, 2.24) is 0 Å². The quantitative estimate of drug-likeness (QED) is 0.843. The zero-order valence-corrected chi connectivity index (χ0v) is 12.2. The molecule has 0 radical (unpaired) electrons. The predicted molar refractivity (Wildman–Crippen MR) is 77.7 cm³/mol. The van der Waals surface area contributed by atoms with Crippen molar-refractivity contribution in [3.63, 3.8) is 0 Å². The van der Waals surface area contributed by atoms with E-state index < -0.39 is 0 Å². The Morgan fingerprint density at radius 2 is 1.67 bits per heavy atom. The van der Waals surface area contributed by atoms with E-state index in [4.69, 9.17) is 5.73 Å². The topological polar surface area (TPSA) is 46.2 Å². The van der Waals surface area contributed by atoms with Gasteiger partial charge in [-0.15, -0.1) is 0 Å². The Morgan fingerprint density at radius 3 is 2.00 bits per heavy atom. The Labute approximate surface area is 111 Å². The maximum atomic E-state index is 9.54. The van der Waals surface area contributed by atoms with Gasteiger partial charge in [-0.3, -0.25) is 0 Å². The monoisotopic (exact) mass is 249 g/mol. The second-order valence-corrected chi connectivity index (χ2v) is 6.34. The molecule has 102 valence electrons. The van der Waals surface area contributed by atoms with E-state index in [1.54, 1.807) is 0 Å². The van der Waals surface area contributed by atoms with Crippen LogP contribution in [0.4, 0.5) is 0 Å². The van der Waals surface area contributed by atoms with Gasteiger partial charge in [0.2, 0.25) is 0 Å². The first-order valence-electron chi connectivity index (χ1n) is 6.77. The van der Waals surface area contributed by atoms with Gasteiger partial charge in [0.05, 0.1) is 6.61 Å². The van der Waals surface area contributed by atoms with Crippen LogP contribution < -0.4 is 5.73 Å². The molecule has 0 spiro atoms. The number of rotatable bonds is 5. The summed E-state index contributed by atoms with van der Waals surface area (Å²) in [5.41, 5.74) is 8.43. The molecular formula is C16H27NO. The number of hydrogen-bond donors (Lipinski definition) is 2. The molecule has 0 aliphatic carbocycles. The Bertz CT molecular complexity index is 349. The highest BCUT2D eigenvalue weighted by atomic mass is 16.3. The van der Waals surface area contributed by atoms with Crippen LogP contribution in [0.5, 0.6) is 0 Å². The summed E-state index contributed by atoms with van der Waals surface area (Å²) in [5.74, 6) is 0. The molecule has 0 saturated carbocycles. The van der Waals surface area contributed by atoms with Crippen LogP contribution in [0.3, 0.4) is 0 Å². The van der Waals surface area contributed by atoms with Crippen molar-refractivity contribution in [3.05, 3.63) is 35.4 Å². The maximum Gasteiger partial charge on any atom is 0.0502 e. The highest BCUT2D eigenvalue weighted by molar-refractivity contribution is 5.28. The van der Waals surface area contributed by atoms with E-state index in [9.17, 15) is 5.11 Å². The zero-order chi connectivity index (χ0) is 13.8. The summed E-state index contributed by atoms with van der Waals surface area (Å²) in [6.45, 7) is 9.42. The van der Waals surface area contributed by atoms with Gasteiger partial charge in [-0.25, -0.2) is 0 Å². The molecule has 0 aliphatic heterocycles. The van der Waals surface area contributed by atoms with E-state index in [0.29, 0.717) is 6.54 Å². The summed E-state index contributed by atoms with van der Waals surface area (Å²) in [4.78, 5) is 0. The first-order valence-corrected chi connectivity index (χ1v) is 6.77. The molecule has 0 fully saturated rings. The van der Waals surface area contributed by atoms with Crippen LogP contribution in [0, 0.1) is 5.41 Å². The number of benzene rings is 1. The summed E-state index contributed by atoms with van der Waals surface area (Å²) in [6, 6.07) is 8.69. The van der Waals surface area contributed by atoms with Crippen molar-refractivity contribution in [2.75, 3.05) is 13.2 Å².